The summed E-state index contributed by atoms with van der Waals surface area (Å²) >= 11 is 5.19. The maximum atomic E-state index is 13.8. The Labute approximate surface area is 128 Å². The zero-order valence-corrected chi connectivity index (χ0v) is 12.8. The van der Waals surface area contributed by atoms with Crippen molar-refractivity contribution in [3.8, 4) is 11.5 Å². The van der Waals surface area contributed by atoms with Crippen molar-refractivity contribution >= 4 is 12.2 Å². The minimum atomic E-state index is -0.354. The van der Waals surface area contributed by atoms with Gasteiger partial charge in [-0.3, -0.25) is 4.90 Å². The standard InChI is InChI=1S/C15H18FN3OS/c1-11-6-8-18(9-7-11)10-19-15(21)20-14(17-19)12-4-2-3-5-13(12)16/h2-5,11H,6-10H2,1H3. The van der Waals surface area contributed by atoms with E-state index in [1.165, 1.54) is 18.9 Å². The van der Waals surface area contributed by atoms with Crippen LogP contribution in [0.1, 0.15) is 19.8 Å². The van der Waals surface area contributed by atoms with Crippen LogP contribution >= 0.6 is 12.2 Å². The second-order valence-electron chi connectivity index (χ2n) is 5.59. The highest BCUT2D eigenvalue weighted by Gasteiger charge is 2.18. The van der Waals surface area contributed by atoms with Crippen LogP contribution < -0.4 is 0 Å². The van der Waals surface area contributed by atoms with E-state index in [4.69, 9.17) is 16.6 Å². The molecule has 0 spiro atoms. The van der Waals surface area contributed by atoms with E-state index in [1.807, 2.05) is 0 Å². The molecule has 112 valence electrons. The molecule has 1 aliphatic heterocycles. The highest BCUT2D eigenvalue weighted by atomic mass is 32.1. The van der Waals surface area contributed by atoms with E-state index in [2.05, 4.69) is 16.9 Å². The Morgan fingerprint density at radius 2 is 2.05 bits per heavy atom. The zero-order chi connectivity index (χ0) is 14.8. The Kier molecular flexibility index (Phi) is 4.17. The van der Waals surface area contributed by atoms with E-state index < -0.39 is 0 Å². The van der Waals surface area contributed by atoms with E-state index in [-0.39, 0.29) is 16.5 Å². The molecule has 0 saturated carbocycles. The van der Waals surface area contributed by atoms with Crippen LogP contribution in [-0.4, -0.2) is 27.8 Å². The van der Waals surface area contributed by atoms with Crippen LogP contribution in [-0.2, 0) is 6.67 Å². The molecule has 1 aliphatic rings. The summed E-state index contributed by atoms with van der Waals surface area (Å²) in [5.41, 5.74) is 0.342. The molecule has 0 aliphatic carbocycles. The van der Waals surface area contributed by atoms with E-state index in [0.29, 0.717) is 12.2 Å². The Bertz CT molecular complexity index is 674. The van der Waals surface area contributed by atoms with Gasteiger partial charge in [0.25, 0.3) is 4.84 Å². The lowest BCUT2D eigenvalue weighted by molar-refractivity contribution is 0.144. The van der Waals surface area contributed by atoms with Crippen LogP contribution in [0.25, 0.3) is 11.5 Å². The number of hydrogen-bond donors (Lipinski definition) is 0. The summed E-state index contributed by atoms with van der Waals surface area (Å²) in [5, 5.41) is 4.32. The first-order valence-corrected chi connectivity index (χ1v) is 7.59. The Balaban J connectivity index is 1.79. The maximum Gasteiger partial charge on any atom is 0.288 e. The summed E-state index contributed by atoms with van der Waals surface area (Å²) in [6, 6.07) is 6.42. The van der Waals surface area contributed by atoms with Gasteiger partial charge in [0.15, 0.2) is 0 Å². The van der Waals surface area contributed by atoms with E-state index in [0.717, 1.165) is 19.0 Å². The lowest BCUT2D eigenvalue weighted by Gasteiger charge is -2.29. The number of benzene rings is 1. The van der Waals surface area contributed by atoms with Gasteiger partial charge in [-0.25, -0.2) is 9.07 Å². The highest BCUT2D eigenvalue weighted by molar-refractivity contribution is 7.71. The third-order valence-electron chi connectivity index (χ3n) is 3.92. The quantitative estimate of drug-likeness (QED) is 0.810. The Morgan fingerprint density at radius 3 is 2.76 bits per heavy atom. The van der Waals surface area contributed by atoms with Crippen molar-refractivity contribution in [3.05, 3.63) is 34.9 Å². The average Bonchev–Trinajstić information content (AvgIpc) is 2.83. The van der Waals surface area contributed by atoms with Gasteiger partial charge in [-0.2, -0.15) is 0 Å². The maximum absolute atomic E-state index is 13.8. The molecule has 0 atom stereocenters. The van der Waals surface area contributed by atoms with Crippen LogP contribution in [0.2, 0.25) is 0 Å². The molecular weight excluding hydrogens is 289 g/mol. The number of halogens is 1. The molecule has 0 bridgehead atoms. The van der Waals surface area contributed by atoms with E-state index >= 15 is 0 Å². The minimum Gasteiger partial charge on any atom is -0.409 e. The van der Waals surface area contributed by atoms with Gasteiger partial charge in [0, 0.05) is 13.1 Å². The van der Waals surface area contributed by atoms with Crippen molar-refractivity contribution in [2.75, 3.05) is 13.1 Å². The number of likely N-dealkylation sites (tertiary alicyclic amines) is 1. The molecule has 1 aromatic heterocycles. The fourth-order valence-electron chi connectivity index (χ4n) is 2.53. The third kappa shape index (κ3) is 3.22. The molecule has 21 heavy (non-hydrogen) atoms. The monoisotopic (exact) mass is 307 g/mol. The SMILES string of the molecule is CC1CCN(Cn2nc(-c3ccccc3F)oc2=S)CC1. The largest absolute Gasteiger partial charge is 0.409 e. The molecule has 4 nitrogen and oxygen atoms in total. The number of hydrogen-bond acceptors (Lipinski definition) is 4. The molecular formula is C15H18FN3OS. The topological polar surface area (TPSA) is 34.2 Å². The van der Waals surface area contributed by atoms with Crippen molar-refractivity contribution in [1.82, 2.24) is 14.7 Å². The molecule has 2 heterocycles. The molecule has 0 unspecified atom stereocenters. The Morgan fingerprint density at radius 1 is 1.33 bits per heavy atom. The van der Waals surface area contributed by atoms with Gasteiger partial charge in [-0.05, 0) is 43.1 Å². The second-order valence-corrected chi connectivity index (χ2v) is 5.94. The lowest BCUT2D eigenvalue weighted by atomic mass is 10.00. The molecule has 1 saturated heterocycles. The molecule has 1 aromatic carbocycles. The molecule has 6 heteroatoms. The molecule has 1 fully saturated rings. The number of aromatic nitrogens is 2. The average molecular weight is 307 g/mol. The summed E-state index contributed by atoms with van der Waals surface area (Å²) in [6.45, 7) is 4.94. The van der Waals surface area contributed by atoms with Crippen LogP contribution in [0, 0.1) is 16.6 Å². The summed E-state index contributed by atoms with van der Waals surface area (Å²) in [5.74, 6) is 0.664. The van der Waals surface area contributed by atoms with E-state index in [1.54, 1.807) is 22.9 Å². The molecule has 0 N–H and O–H groups in total. The van der Waals surface area contributed by atoms with E-state index in [9.17, 15) is 4.39 Å². The number of rotatable bonds is 3. The van der Waals surface area contributed by atoms with Gasteiger partial charge in [-0.1, -0.05) is 19.1 Å². The zero-order valence-electron chi connectivity index (χ0n) is 12.0. The first-order valence-electron chi connectivity index (χ1n) is 7.18. The van der Waals surface area contributed by atoms with Gasteiger partial charge in [0.05, 0.1) is 12.2 Å². The second kappa shape index (κ2) is 6.07. The molecule has 0 radical (unpaired) electrons. The van der Waals surface area contributed by atoms with Gasteiger partial charge in [-0.15, -0.1) is 5.10 Å². The van der Waals surface area contributed by atoms with Crippen LogP contribution in [0.15, 0.2) is 28.7 Å². The van der Waals surface area contributed by atoms with Gasteiger partial charge >= 0.3 is 0 Å². The first-order chi connectivity index (χ1) is 10.1. The van der Waals surface area contributed by atoms with Crippen molar-refractivity contribution in [3.63, 3.8) is 0 Å². The number of piperidine rings is 1. The van der Waals surface area contributed by atoms with Crippen LogP contribution in [0.3, 0.4) is 0 Å². The lowest BCUT2D eigenvalue weighted by Crippen LogP contribution is -2.34. The summed E-state index contributed by atoms with van der Waals surface area (Å²) < 4.78 is 20.8. The van der Waals surface area contributed by atoms with Gasteiger partial charge in [0.1, 0.15) is 5.82 Å². The predicted molar refractivity (Wildman–Crippen MR) is 80.7 cm³/mol. The predicted octanol–water partition coefficient (Wildman–Crippen LogP) is 3.70. The van der Waals surface area contributed by atoms with Gasteiger partial charge in [0.2, 0.25) is 5.89 Å². The van der Waals surface area contributed by atoms with Gasteiger partial charge < -0.3 is 4.42 Å². The smallest absolute Gasteiger partial charge is 0.288 e. The fraction of sp³-hybridized carbons (Fsp3) is 0.467. The first kappa shape index (κ1) is 14.4. The Hall–Kier alpha value is -1.53. The minimum absolute atomic E-state index is 0.239. The highest BCUT2D eigenvalue weighted by Crippen LogP contribution is 2.22. The number of nitrogens with zero attached hydrogens (tertiary/aromatic N) is 3. The fourth-order valence-corrected chi connectivity index (χ4v) is 2.71. The third-order valence-corrected chi connectivity index (χ3v) is 4.21. The summed E-state index contributed by atoms with van der Waals surface area (Å²) in [7, 11) is 0. The van der Waals surface area contributed by atoms with Crippen molar-refractivity contribution < 1.29 is 8.81 Å². The normalized spacial score (nSPS) is 17.2. The van der Waals surface area contributed by atoms with Crippen molar-refractivity contribution in [1.29, 1.82) is 0 Å². The van der Waals surface area contributed by atoms with Crippen LogP contribution in [0.4, 0.5) is 4.39 Å². The summed E-state index contributed by atoms with van der Waals surface area (Å²) in [4.78, 5) is 2.58. The van der Waals surface area contributed by atoms with Crippen molar-refractivity contribution in [2.24, 2.45) is 5.92 Å². The van der Waals surface area contributed by atoms with Crippen LogP contribution in [0.5, 0.6) is 0 Å². The molecule has 2 aromatic rings. The molecule has 3 rings (SSSR count). The van der Waals surface area contributed by atoms with Crippen molar-refractivity contribution in [2.45, 2.75) is 26.4 Å². The molecule has 0 amide bonds. The summed E-state index contributed by atoms with van der Waals surface area (Å²) in [6.07, 6.45) is 2.37.